The van der Waals surface area contributed by atoms with Crippen molar-refractivity contribution in [3.8, 4) is 0 Å². The Bertz CT molecular complexity index is 330. The van der Waals surface area contributed by atoms with Crippen LogP contribution in [0.3, 0.4) is 0 Å². The van der Waals surface area contributed by atoms with E-state index in [1.165, 1.54) is 6.42 Å². The van der Waals surface area contributed by atoms with Gasteiger partial charge in [-0.25, -0.2) is 0 Å². The molecule has 5 heteroatoms. The third-order valence-electron chi connectivity index (χ3n) is 5.28. The van der Waals surface area contributed by atoms with Crippen LogP contribution in [0.15, 0.2) is 0 Å². The van der Waals surface area contributed by atoms with Gasteiger partial charge in [-0.2, -0.15) is 0 Å². The van der Waals surface area contributed by atoms with Crippen LogP contribution in [-0.4, -0.2) is 78.6 Å². The van der Waals surface area contributed by atoms with Gasteiger partial charge in [-0.1, -0.05) is 13.8 Å². The predicted molar refractivity (Wildman–Crippen MR) is 94.3 cm³/mol. The first-order valence-corrected chi connectivity index (χ1v) is 10.1. The Labute approximate surface area is 140 Å². The maximum atomic E-state index is 10.0. The van der Waals surface area contributed by atoms with Crippen molar-refractivity contribution in [2.45, 2.75) is 51.4 Å². The summed E-state index contributed by atoms with van der Waals surface area (Å²) in [5.74, 6) is 2.34. The van der Waals surface area contributed by atoms with Gasteiger partial charge in [-0.05, 0) is 38.0 Å². The fourth-order valence-electron chi connectivity index (χ4n) is 4.15. The van der Waals surface area contributed by atoms with Crippen molar-refractivity contribution in [2.24, 2.45) is 11.8 Å². The van der Waals surface area contributed by atoms with Crippen molar-refractivity contribution in [3.05, 3.63) is 0 Å². The number of methoxy groups -OCH3 is 1. The third kappa shape index (κ3) is 4.84. The van der Waals surface area contributed by atoms with Gasteiger partial charge in [0.1, 0.15) is 0 Å². The third-order valence-corrected chi connectivity index (χ3v) is 5.91. The second-order valence-electron chi connectivity index (χ2n) is 7.33. The van der Waals surface area contributed by atoms with Crippen LogP contribution in [0.1, 0.15) is 33.1 Å². The molecule has 2 saturated heterocycles. The van der Waals surface area contributed by atoms with E-state index < -0.39 is 0 Å². The van der Waals surface area contributed by atoms with E-state index in [1.54, 1.807) is 0 Å². The van der Waals surface area contributed by atoms with E-state index in [9.17, 15) is 5.11 Å². The molecule has 0 bridgehead atoms. The normalized spacial score (nSPS) is 32.7. The molecule has 1 N–H and O–H groups in total. The highest BCUT2D eigenvalue weighted by molar-refractivity contribution is 7.98. The van der Waals surface area contributed by atoms with Gasteiger partial charge in [0.25, 0.3) is 0 Å². The van der Waals surface area contributed by atoms with E-state index in [2.05, 4.69) is 29.9 Å². The lowest BCUT2D eigenvalue weighted by molar-refractivity contribution is 0.0127. The highest BCUT2D eigenvalue weighted by atomic mass is 32.2. The molecule has 130 valence electrons. The molecule has 0 aliphatic carbocycles. The quantitative estimate of drug-likeness (QED) is 0.774. The van der Waals surface area contributed by atoms with Gasteiger partial charge >= 0.3 is 0 Å². The van der Waals surface area contributed by atoms with E-state index in [0.717, 1.165) is 44.9 Å². The van der Waals surface area contributed by atoms with Crippen LogP contribution < -0.4 is 0 Å². The van der Waals surface area contributed by atoms with Crippen LogP contribution in [0.5, 0.6) is 0 Å². The standard InChI is InChI=1S/C17H34N2O2S/c1-13(2)16(19-7-5-6-15(20)10-19)8-14-9-18(12-22-4)11-17(14)21-3/h13-17,20H,5-12H2,1-4H3/t14?,15-,16?,17?/m1/s1. The molecule has 0 aromatic rings. The Morgan fingerprint density at radius 3 is 2.64 bits per heavy atom. The fraction of sp³-hybridized carbons (Fsp3) is 1.00. The van der Waals surface area contributed by atoms with E-state index >= 15 is 0 Å². The summed E-state index contributed by atoms with van der Waals surface area (Å²) in [5, 5.41) is 10.0. The first-order valence-electron chi connectivity index (χ1n) is 8.71. The molecule has 2 aliphatic rings. The van der Waals surface area contributed by atoms with E-state index in [4.69, 9.17) is 4.74 Å². The van der Waals surface area contributed by atoms with Gasteiger partial charge < -0.3 is 9.84 Å². The molecule has 0 aromatic heterocycles. The summed E-state index contributed by atoms with van der Waals surface area (Å²) >= 11 is 1.89. The zero-order valence-corrected chi connectivity index (χ0v) is 15.5. The van der Waals surface area contributed by atoms with Gasteiger partial charge in [0.2, 0.25) is 0 Å². The average molecular weight is 331 g/mol. The summed E-state index contributed by atoms with van der Waals surface area (Å²) in [6, 6.07) is 0.562. The lowest BCUT2D eigenvalue weighted by atomic mass is 9.88. The summed E-state index contributed by atoms with van der Waals surface area (Å²) in [6.45, 7) is 8.85. The Kier molecular flexibility index (Phi) is 7.48. The number of thioether (sulfide) groups is 1. The number of rotatable bonds is 7. The van der Waals surface area contributed by atoms with Crippen LogP contribution in [-0.2, 0) is 4.74 Å². The molecule has 4 atom stereocenters. The molecule has 4 nitrogen and oxygen atoms in total. The molecule has 2 aliphatic heterocycles. The highest BCUT2D eigenvalue weighted by Crippen LogP contribution is 2.30. The number of aliphatic hydroxyl groups excluding tert-OH is 1. The summed E-state index contributed by atoms with van der Waals surface area (Å²) in [5.41, 5.74) is 0. The van der Waals surface area contributed by atoms with Crippen molar-refractivity contribution in [1.29, 1.82) is 0 Å². The molecule has 0 spiro atoms. The van der Waals surface area contributed by atoms with Crippen molar-refractivity contribution >= 4 is 11.8 Å². The number of hydrogen-bond donors (Lipinski definition) is 1. The lowest BCUT2D eigenvalue weighted by Crippen LogP contribution is -2.48. The Balaban J connectivity index is 1.97. The van der Waals surface area contributed by atoms with Crippen molar-refractivity contribution in [2.75, 3.05) is 45.4 Å². The minimum Gasteiger partial charge on any atom is -0.392 e. The summed E-state index contributed by atoms with van der Waals surface area (Å²) in [4.78, 5) is 5.05. The molecular weight excluding hydrogens is 296 g/mol. The second kappa shape index (κ2) is 8.88. The minimum absolute atomic E-state index is 0.134. The molecule has 0 amide bonds. The average Bonchev–Trinajstić information content (AvgIpc) is 2.86. The fourth-order valence-corrected chi connectivity index (χ4v) is 4.72. The number of nitrogens with zero attached hydrogens (tertiary/aromatic N) is 2. The summed E-state index contributed by atoms with van der Waals surface area (Å²) in [7, 11) is 1.86. The lowest BCUT2D eigenvalue weighted by Gasteiger charge is -2.40. The molecule has 0 aromatic carbocycles. The molecular formula is C17H34N2O2S. The number of β-amino-alcohol motifs (C(OH)–C–C–N with tert-alkyl or cyclic N) is 1. The van der Waals surface area contributed by atoms with Gasteiger partial charge in [0.15, 0.2) is 0 Å². The van der Waals surface area contributed by atoms with Crippen LogP contribution in [0.4, 0.5) is 0 Å². The van der Waals surface area contributed by atoms with Crippen LogP contribution in [0, 0.1) is 11.8 Å². The molecule has 2 fully saturated rings. The number of likely N-dealkylation sites (tertiary alicyclic amines) is 2. The maximum Gasteiger partial charge on any atom is 0.0739 e. The summed E-state index contributed by atoms with van der Waals surface area (Å²) in [6.07, 6.45) is 5.68. The Morgan fingerprint density at radius 2 is 2.05 bits per heavy atom. The molecule has 2 heterocycles. The van der Waals surface area contributed by atoms with Gasteiger partial charge in [-0.3, -0.25) is 9.80 Å². The van der Waals surface area contributed by atoms with Crippen LogP contribution >= 0.6 is 11.8 Å². The van der Waals surface area contributed by atoms with Crippen molar-refractivity contribution in [1.82, 2.24) is 9.80 Å². The number of piperidine rings is 1. The van der Waals surface area contributed by atoms with Gasteiger partial charge in [0.05, 0.1) is 12.2 Å². The minimum atomic E-state index is -0.134. The predicted octanol–water partition coefficient (Wildman–Crippen LogP) is 2.13. The number of aliphatic hydroxyl groups is 1. The first kappa shape index (κ1) is 18.5. The first-order chi connectivity index (χ1) is 10.5. The van der Waals surface area contributed by atoms with Gasteiger partial charge in [-0.15, -0.1) is 11.8 Å². The summed E-state index contributed by atoms with van der Waals surface area (Å²) < 4.78 is 5.77. The molecule has 0 radical (unpaired) electrons. The zero-order chi connectivity index (χ0) is 16.1. The highest BCUT2D eigenvalue weighted by Gasteiger charge is 2.37. The molecule has 0 saturated carbocycles. The molecule has 2 rings (SSSR count). The SMILES string of the molecule is COC1CN(CSC)CC1CC(C(C)C)N1CCC[C@@H](O)C1. The van der Waals surface area contributed by atoms with Crippen molar-refractivity contribution < 1.29 is 9.84 Å². The maximum absolute atomic E-state index is 10.0. The smallest absolute Gasteiger partial charge is 0.0739 e. The van der Waals surface area contributed by atoms with Crippen molar-refractivity contribution in [3.63, 3.8) is 0 Å². The van der Waals surface area contributed by atoms with E-state index in [1.807, 2.05) is 18.9 Å². The second-order valence-corrected chi connectivity index (χ2v) is 8.16. The number of hydrogen-bond acceptors (Lipinski definition) is 5. The molecule has 3 unspecified atom stereocenters. The molecule has 22 heavy (non-hydrogen) atoms. The van der Waals surface area contributed by atoms with Gasteiger partial charge in [0, 0.05) is 44.6 Å². The number of ether oxygens (including phenoxy) is 1. The van der Waals surface area contributed by atoms with E-state index in [0.29, 0.717) is 24.0 Å². The Morgan fingerprint density at radius 1 is 1.27 bits per heavy atom. The van der Waals surface area contributed by atoms with E-state index in [-0.39, 0.29) is 6.10 Å². The largest absolute Gasteiger partial charge is 0.392 e. The van der Waals surface area contributed by atoms with Crippen LogP contribution in [0.25, 0.3) is 0 Å². The Hall–Kier alpha value is 0.190. The topological polar surface area (TPSA) is 35.9 Å². The zero-order valence-electron chi connectivity index (χ0n) is 14.7. The monoisotopic (exact) mass is 330 g/mol. The van der Waals surface area contributed by atoms with Crippen LogP contribution in [0.2, 0.25) is 0 Å².